The van der Waals surface area contributed by atoms with Crippen LogP contribution in [0.2, 0.25) is 0 Å². The molecule has 3 aromatic heterocycles. The molecule has 2 saturated carbocycles. The Morgan fingerprint density at radius 3 is 2.57 bits per heavy atom. The number of carbonyl (C=O) groups is 1. The number of nitrogens with zero attached hydrogens (tertiary/aromatic N) is 3. The number of aliphatic carboxylic acids is 1. The zero-order chi connectivity index (χ0) is 30.0. The Bertz CT molecular complexity index is 1770. The summed E-state index contributed by atoms with van der Waals surface area (Å²) >= 11 is 1.19. The van der Waals surface area contributed by atoms with E-state index >= 15 is 0 Å². The van der Waals surface area contributed by atoms with E-state index in [0.717, 1.165) is 35.8 Å². The number of aryl methyl sites for hydroxylation is 1. The van der Waals surface area contributed by atoms with E-state index in [1.165, 1.54) is 42.2 Å². The van der Waals surface area contributed by atoms with E-state index < -0.39 is 28.9 Å². The summed E-state index contributed by atoms with van der Waals surface area (Å²) in [4.78, 5) is 45.5. The molecule has 12 heteroatoms. The Kier molecular flexibility index (Phi) is 6.90. The first kappa shape index (κ1) is 28.4. The molecule has 1 atom stereocenters. The highest BCUT2D eigenvalue weighted by atomic mass is 32.1. The molecule has 1 spiro atoms. The summed E-state index contributed by atoms with van der Waals surface area (Å²) in [5, 5.41) is 20.1. The highest BCUT2D eigenvalue weighted by molar-refractivity contribution is 7.22. The second kappa shape index (κ2) is 10.2. The number of benzene rings is 1. The van der Waals surface area contributed by atoms with Gasteiger partial charge in [-0.15, -0.1) is 11.3 Å². The van der Waals surface area contributed by atoms with Crippen molar-refractivity contribution < 1.29 is 28.9 Å². The monoisotopic (exact) mass is 595 g/mol. The fourth-order valence-corrected chi connectivity index (χ4v) is 7.70. The molecule has 0 saturated heterocycles. The fourth-order valence-electron chi connectivity index (χ4n) is 6.46. The lowest BCUT2D eigenvalue weighted by atomic mass is 9.53. The number of aliphatic hydroxyl groups excluding tert-OH is 1. The highest BCUT2D eigenvalue weighted by Crippen LogP contribution is 2.57. The molecule has 3 heterocycles. The van der Waals surface area contributed by atoms with E-state index in [1.807, 2.05) is 24.3 Å². The third kappa shape index (κ3) is 4.48. The number of oxazole rings is 1. The number of ether oxygens (including phenoxy) is 2. The van der Waals surface area contributed by atoms with Crippen LogP contribution in [0.4, 0.5) is 0 Å². The number of hydrogen-bond acceptors (Lipinski definition) is 9. The number of fused-ring (bicyclic) bond motifs is 1. The molecule has 2 aliphatic carbocycles. The van der Waals surface area contributed by atoms with Crippen molar-refractivity contribution in [3.05, 3.63) is 68.7 Å². The minimum absolute atomic E-state index is 0.00277. The lowest BCUT2D eigenvalue weighted by molar-refractivity contribution is -0.179. The van der Waals surface area contributed by atoms with Gasteiger partial charge in [0, 0.05) is 5.56 Å². The number of carboxylic acids is 1. The van der Waals surface area contributed by atoms with Crippen LogP contribution in [0.5, 0.6) is 5.75 Å². The average Bonchev–Trinajstić information content (AvgIpc) is 3.56. The Hall–Kier alpha value is -3.74. The van der Waals surface area contributed by atoms with Crippen molar-refractivity contribution in [1.29, 1.82) is 0 Å². The maximum atomic E-state index is 14.2. The van der Waals surface area contributed by atoms with Gasteiger partial charge in [0.05, 0.1) is 42.3 Å². The maximum Gasteiger partial charge on any atom is 0.333 e. The lowest BCUT2D eigenvalue weighted by Crippen LogP contribution is -2.54. The molecule has 222 valence electrons. The van der Waals surface area contributed by atoms with Crippen LogP contribution >= 0.6 is 11.3 Å². The first-order chi connectivity index (χ1) is 20.0. The second-order valence-electron chi connectivity index (χ2n) is 11.9. The SMILES string of the molecule is COc1ccccc1C(Cn1c(=O)n(C(C)(C)C(=O)O)c(=O)c2c(C)c(-c3ncco3)sc21)OC1CC2(CC(O)C2)C1. The third-order valence-electron chi connectivity index (χ3n) is 8.77. The summed E-state index contributed by atoms with van der Waals surface area (Å²) in [6.07, 6.45) is 5.05. The van der Waals surface area contributed by atoms with Crippen LogP contribution in [-0.2, 0) is 21.6 Å². The quantitative estimate of drug-likeness (QED) is 0.292. The molecule has 0 bridgehead atoms. The number of rotatable bonds is 9. The van der Waals surface area contributed by atoms with Gasteiger partial charge in [-0.25, -0.2) is 19.1 Å². The van der Waals surface area contributed by atoms with Crippen molar-refractivity contribution >= 4 is 27.5 Å². The van der Waals surface area contributed by atoms with Crippen LogP contribution in [0.1, 0.15) is 56.8 Å². The van der Waals surface area contributed by atoms with E-state index in [1.54, 1.807) is 14.0 Å². The van der Waals surface area contributed by atoms with E-state index in [-0.39, 0.29) is 29.6 Å². The van der Waals surface area contributed by atoms with E-state index in [9.17, 15) is 24.6 Å². The Labute approximate surface area is 245 Å². The summed E-state index contributed by atoms with van der Waals surface area (Å²) in [7, 11) is 1.56. The van der Waals surface area contributed by atoms with E-state index in [0.29, 0.717) is 26.9 Å². The molecule has 4 aromatic rings. The van der Waals surface area contributed by atoms with Gasteiger partial charge < -0.3 is 24.1 Å². The Balaban J connectivity index is 1.52. The average molecular weight is 596 g/mol. The molecule has 6 rings (SSSR count). The van der Waals surface area contributed by atoms with Crippen molar-refractivity contribution in [1.82, 2.24) is 14.1 Å². The number of hydrogen-bond donors (Lipinski definition) is 2. The highest BCUT2D eigenvalue weighted by Gasteiger charge is 2.53. The summed E-state index contributed by atoms with van der Waals surface area (Å²) in [5.74, 6) is -0.425. The van der Waals surface area contributed by atoms with Gasteiger partial charge in [0.15, 0.2) is 0 Å². The molecule has 2 N–H and O–H groups in total. The molecule has 1 aromatic carbocycles. The molecular weight excluding hydrogens is 562 g/mol. The van der Waals surface area contributed by atoms with Crippen LogP contribution in [0.15, 0.2) is 50.7 Å². The molecule has 0 amide bonds. The molecule has 2 aliphatic rings. The Morgan fingerprint density at radius 1 is 1.24 bits per heavy atom. The molecular formula is C30H33N3O8S. The minimum atomic E-state index is -1.83. The van der Waals surface area contributed by atoms with Crippen molar-refractivity contribution in [2.24, 2.45) is 5.41 Å². The van der Waals surface area contributed by atoms with Gasteiger partial charge in [0.1, 0.15) is 28.5 Å². The summed E-state index contributed by atoms with van der Waals surface area (Å²) in [6, 6.07) is 7.40. The van der Waals surface area contributed by atoms with Crippen LogP contribution in [0, 0.1) is 12.3 Å². The van der Waals surface area contributed by atoms with Crippen molar-refractivity contribution in [2.75, 3.05) is 7.11 Å². The number of thiophene rings is 1. The number of aromatic nitrogens is 3. The van der Waals surface area contributed by atoms with Crippen LogP contribution in [0.3, 0.4) is 0 Å². The largest absolute Gasteiger partial charge is 0.496 e. The van der Waals surface area contributed by atoms with E-state index in [2.05, 4.69) is 4.98 Å². The molecule has 0 radical (unpaired) electrons. The summed E-state index contributed by atoms with van der Waals surface area (Å²) < 4.78 is 20.1. The van der Waals surface area contributed by atoms with Gasteiger partial charge in [-0.05, 0) is 63.5 Å². The summed E-state index contributed by atoms with van der Waals surface area (Å²) in [6.45, 7) is 4.41. The standard InChI is InChI=1S/C30H33N3O8S/c1-16-22-25(35)33(29(2,3)27(36)37)28(38)32(26(22)42-23(16)24-31-9-10-40-24)15-21(19-7-5-6-8-20(19)39-4)41-18-13-30(14-18)11-17(34)12-30/h5-10,17-18,21,34H,11-15H2,1-4H3,(H,36,37). The predicted octanol–water partition coefficient (Wildman–Crippen LogP) is 4.08. The number of para-hydroxylation sites is 1. The predicted molar refractivity (Wildman–Crippen MR) is 155 cm³/mol. The molecule has 11 nitrogen and oxygen atoms in total. The Morgan fingerprint density at radius 2 is 1.95 bits per heavy atom. The summed E-state index contributed by atoms with van der Waals surface area (Å²) in [5.41, 5.74) is -1.89. The second-order valence-corrected chi connectivity index (χ2v) is 12.9. The molecule has 0 aliphatic heterocycles. The van der Waals surface area contributed by atoms with Gasteiger partial charge in [0.25, 0.3) is 5.56 Å². The normalized spacial score (nSPS) is 22.6. The van der Waals surface area contributed by atoms with Gasteiger partial charge in [-0.1, -0.05) is 18.2 Å². The first-order valence-electron chi connectivity index (χ1n) is 13.8. The van der Waals surface area contributed by atoms with Crippen molar-refractivity contribution in [2.45, 2.75) is 76.9 Å². The molecule has 42 heavy (non-hydrogen) atoms. The minimum Gasteiger partial charge on any atom is -0.496 e. The maximum absolute atomic E-state index is 14.2. The fraction of sp³-hybridized carbons (Fsp3) is 0.467. The van der Waals surface area contributed by atoms with Crippen molar-refractivity contribution in [3.8, 4) is 16.5 Å². The van der Waals surface area contributed by atoms with Crippen LogP contribution < -0.4 is 16.0 Å². The van der Waals surface area contributed by atoms with Gasteiger partial charge in [0.2, 0.25) is 5.89 Å². The van der Waals surface area contributed by atoms with E-state index in [4.69, 9.17) is 13.9 Å². The number of aliphatic hydroxyl groups is 1. The lowest BCUT2D eigenvalue weighted by Gasteiger charge is -2.56. The molecule has 1 unspecified atom stereocenters. The topological polar surface area (TPSA) is 146 Å². The number of carboxylic acid groups (broad SMARTS) is 1. The zero-order valence-electron chi connectivity index (χ0n) is 23.8. The zero-order valence-corrected chi connectivity index (χ0v) is 24.6. The van der Waals surface area contributed by atoms with Gasteiger partial charge in [-0.2, -0.15) is 0 Å². The first-order valence-corrected chi connectivity index (χ1v) is 14.7. The van der Waals surface area contributed by atoms with Crippen molar-refractivity contribution in [3.63, 3.8) is 0 Å². The van der Waals surface area contributed by atoms with Gasteiger partial charge in [-0.3, -0.25) is 9.36 Å². The van der Waals surface area contributed by atoms with Gasteiger partial charge >= 0.3 is 11.7 Å². The third-order valence-corrected chi connectivity index (χ3v) is 10.1. The molecule has 2 fully saturated rings. The van der Waals surface area contributed by atoms with Crippen LogP contribution in [-0.4, -0.2) is 49.6 Å². The smallest absolute Gasteiger partial charge is 0.333 e. The number of methoxy groups -OCH3 is 1. The van der Waals surface area contributed by atoms with Crippen LogP contribution in [0.25, 0.3) is 21.0 Å².